The monoisotopic (exact) mass is 171 g/mol. The van der Waals surface area contributed by atoms with Crippen molar-refractivity contribution < 1.29 is 4.74 Å². The Morgan fingerprint density at radius 1 is 1.33 bits per heavy atom. The van der Waals surface area contributed by atoms with Crippen molar-refractivity contribution in [2.24, 2.45) is 11.7 Å². The summed E-state index contributed by atoms with van der Waals surface area (Å²) >= 11 is 0. The van der Waals surface area contributed by atoms with Crippen molar-refractivity contribution in [3.05, 3.63) is 0 Å². The molecule has 1 aliphatic carbocycles. The average molecular weight is 171 g/mol. The van der Waals surface area contributed by atoms with Gasteiger partial charge in [-0.1, -0.05) is 0 Å². The molecule has 2 heteroatoms. The molecule has 0 radical (unpaired) electrons. The Morgan fingerprint density at radius 2 is 1.92 bits per heavy atom. The zero-order chi connectivity index (χ0) is 9.19. The molecule has 2 nitrogen and oxygen atoms in total. The zero-order valence-corrected chi connectivity index (χ0v) is 8.47. The van der Waals surface area contributed by atoms with Gasteiger partial charge in [-0.05, 0) is 52.5 Å². The summed E-state index contributed by atoms with van der Waals surface area (Å²) in [5.74, 6) is 0.836. The van der Waals surface area contributed by atoms with E-state index in [0.29, 0.717) is 6.10 Å². The molecule has 2 N–H and O–H groups in total. The number of rotatable bonds is 3. The lowest BCUT2D eigenvalue weighted by Crippen LogP contribution is -2.38. The van der Waals surface area contributed by atoms with Gasteiger partial charge in [0.05, 0.1) is 11.7 Å². The third-order valence-electron chi connectivity index (χ3n) is 2.29. The topological polar surface area (TPSA) is 35.2 Å². The molecular weight excluding hydrogens is 150 g/mol. The third-order valence-corrected chi connectivity index (χ3v) is 2.29. The van der Waals surface area contributed by atoms with E-state index >= 15 is 0 Å². The first-order valence-corrected chi connectivity index (χ1v) is 4.89. The van der Waals surface area contributed by atoms with Crippen molar-refractivity contribution in [1.82, 2.24) is 0 Å². The number of hydrogen-bond acceptors (Lipinski definition) is 2. The van der Waals surface area contributed by atoms with Gasteiger partial charge in [0.1, 0.15) is 0 Å². The van der Waals surface area contributed by atoms with Gasteiger partial charge in [0.15, 0.2) is 0 Å². The van der Waals surface area contributed by atoms with Crippen LogP contribution in [0.5, 0.6) is 0 Å². The van der Waals surface area contributed by atoms with Crippen LogP contribution < -0.4 is 5.73 Å². The van der Waals surface area contributed by atoms with Crippen LogP contribution in [-0.2, 0) is 4.74 Å². The minimum absolute atomic E-state index is 0.0261. The molecule has 1 rings (SSSR count). The molecular formula is C10H21NO. The van der Waals surface area contributed by atoms with Crippen LogP contribution >= 0.6 is 0 Å². The van der Waals surface area contributed by atoms with Crippen LogP contribution in [0.2, 0.25) is 0 Å². The summed E-state index contributed by atoms with van der Waals surface area (Å²) in [7, 11) is 0. The van der Waals surface area contributed by atoms with Gasteiger partial charge in [-0.15, -0.1) is 0 Å². The Labute approximate surface area is 75.5 Å². The summed E-state index contributed by atoms with van der Waals surface area (Å²) in [5.41, 5.74) is 5.50. The zero-order valence-electron chi connectivity index (χ0n) is 8.47. The lowest BCUT2D eigenvalue weighted by molar-refractivity contribution is -0.112. The van der Waals surface area contributed by atoms with Crippen LogP contribution in [0, 0.1) is 5.92 Å². The highest BCUT2D eigenvalue weighted by atomic mass is 16.5. The van der Waals surface area contributed by atoms with Gasteiger partial charge in [-0.2, -0.15) is 0 Å². The van der Waals surface area contributed by atoms with Crippen molar-refractivity contribution in [2.75, 3.05) is 6.54 Å². The molecule has 1 aliphatic rings. The lowest BCUT2D eigenvalue weighted by Gasteiger charge is -2.39. The minimum atomic E-state index is 0.0261. The maximum atomic E-state index is 5.81. The molecule has 12 heavy (non-hydrogen) atoms. The quantitative estimate of drug-likeness (QED) is 0.704. The first-order chi connectivity index (χ1) is 5.51. The standard InChI is InChI=1S/C10H21NO/c1-10(2,3)12-9-6-8(7-9)4-5-11/h8-9H,4-7,11H2,1-3H3. The Balaban J connectivity index is 2.10. The van der Waals surface area contributed by atoms with Crippen LogP contribution in [0.15, 0.2) is 0 Å². The van der Waals surface area contributed by atoms with E-state index in [1.807, 2.05) is 0 Å². The van der Waals surface area contributed by atoms with Crippen LogP contribution in [0.3, 0.4) is 0 Å². The highest BCUT2D eigenvalue weighted by Crippen LogP contribution is 2.34. The third kappa shape index (κ3) is 3.11. The van der Waals surface area contributed by atoms with E-state index in [1.54, 1.807) is 0 Å². The molecule has 0 aliphatic heterocycles. The Kier molecular flexibility index (Phi) is 3.13. The van der Waals surface area contributed by atoms with Crippen molar-refractivity contribution in [3.63, 3.8) is 0 Å². The lowest BCUT2D eigenvalue weighted by atomic mass is 9.80. The van der Waals surface area contributed by atoms with Gasteiger partial charge >= 0.3 is 0 Å². The predicted molar refractivity (Wildman–Crippen MR) is 51.0 cm³/mol. The van der Waals surface area contributed by atoms with Crippen molar-refractivity contribution in [1.29, 1.82) is 0 Å². The summed E-state index contributed by atoms with van der Waals surface area (Å²) in [6, 6.07) is 0. The fourth-order valence-corrected chi connectivity index (χ4v) is 1.74. The second-order valence-corrected chi connectivity index (χ2v) is 4.77. The minimum Gasteiger partial charge on any atom is -0.373 e. The van der Waals surface area contributed by atoms with E-state index < -0.39 is 0 Å². The molecule has 1 saturated carbocycles. The summed E-state index contributed by atoms with van der Waals surface area (Å²) in [6.07, 6.45) is 4.11. The van der Waals surface area contributed by atoms with Crippen molar-refractivity contribution >= 4 is 0 Å². The Bertz CT molecular complexity index is 133. The van der Waals surface area contributed by atoms with Crippen LogP contribution in [0.4, 0.5) is 0 Å². The molecule has 0 bridgehead atoms. The normalized spacial score (nSPS) is 30.0. The fourth-order valence-electron chi connectivity index (χ4n) is 1.74. The predicted octanol–water partition coefficient (Wildman–Crippen LogP) is 1.93. The van der Waals surface area contributed by atoms with E-state index in [9.17, 15) is 0 Å². The summed E-state index contributed by atoms with van der Waals surface area (Å²) < 4.78 is 5.81. The SMILES string of the molecule is CC(C)(C)OC1CC(CCN)C1. The fraction of sp³-hybridized carbons (Fsp3) is 1.00. The number of hydrogen-bond donors (Lipinski definition) is 1. The van der Waals surface area contributed by atoms with Gasteiger partial charge in [0, 0.05) is 0 Å². The van der Waals surface area contributed by atoms with E-state index in [4.69, 9.17) is 10.5 Å². The van der Waals surface area contributed by atoms with E-state index in [2.05, 4.69) is 20.8 Å². The molecule has 1 fully saturated rings. The first-order valence-electron chi connectivity index (χ1n) is 4.89. The van der Waals surface area contributed by atoms with E-state index in [0.717, 1.165) is 12.5 Å². The van der Waals surface area contributed by atoms with Crippen molar-refractivity contribution in [2.45, 2.75) is 51.7 Å². The maximum absolute atomic E-state index is 5.81. The van der Waals surface area contributed by atoms with Gasteiger partial charge in [0.25, 0.3) is 0 Å². The highest BCUT2D eigenvalue weighted by molar-refractivity contribution is 4.82. The second-order valence-electron chi connectivity index (χ2n) is 4.77. The number of ether oxygens (including phenoxy) is 1. The number of nitrogens with two attached hydrogens (primary N) is 1. The smallest absolute Gasteiger partial charge is 0.0602 e. The highest BCUT2D eigenvalue weighted by Gasteiger charge is 2.31. The first kappa shape index (κ1) is 10.0. The second kappa shape index (κ2) is 3.75. The maximum Gasteiger partial charge on any atom is 0.0602 e. The molecule has 0 aromatic rings. The average Bonchev–Trinajstić information content (AvgIpc) is 1.80. The Morgan fingerprint density at radius 3 is 2.33 bits per heavy atom. The van der Waals surface area contributed by atoms with Gasteiger partial charge < -0.3 is 10.5 Å². The van der Waals surface area contributed by atoms with Gasteiger partial charge in [-0.25, -0.2) is 0 Å². The molecule has 0 aromatic carbocycles. The van der Waals surface area contributed by atoms with E-state index in [1.165, 1.54) is 19.3 Å². The van der Waals surface area contributed by atoms with Gasteiger partial charge in [0.2, 0.25) is 0 Å². The van der Waals surface area contributed by atoms with E-state index in [-0.39, 0.29) is 5.60 Å². The summed E-state index contributed by atoms with van der Waals surface area (Å²) in [6.45, 7) is 7.17. The molecule has 0 unspecified atom stereocenters. The van der Waals surface area contributed by atoms with Gasteiger partial charge in [-0.3, -0.25) is 0 Å². The summed E-state index contributed by atoms with van der Waals surface area (Å²) in [4.78, 5) is 0. The van der Waals surface area contributed by atoms with Crippen LogP contribution in [0.25, 0.3) is 0 Å². The molecule has 0 spiro atoms. The molecule has 0 amide bonds. The molecule has 0 heterocycles. The molecule has 0 atom stereocenters. The van der Waals surface area contributed by atoms with Crippen LogP contribution in [0.1, 0.15) is 40.0 Å². The van der Waals surface area contributed by atoms with Crippen molar-refractivity contribution in [3.8, 4) is 0 Å². The molecule has 0 aromatic heterocycles. The largest absolute Gasteiger partial charge is 0.373 e. The van der Waals surface area contributed by atoms with Crippen LogP contribution in [-0.4, -0.2) is 18.2 Å². The summed E-state index contributed by atoms with van der Waals surface area (Å²) in [5, 5.41) is 0. The molecule has 72 valence electrons. The Hall–Kier alpha value is -0.0800. The molecule has 0 saturated heterocycles.